The second-order valence-electron chi connectivity index (χ2n) is 8.32. The molecule has 0 bridgehead atoms. The van der Waals surface area contributed by atoms with E-state index < -0.39 is 16.3 Å². The summed E-state index contributed by atoms with van der Waals surface area (Å²) in [6.45, 7) is 24.8. The Labute approximate surface area is 122 Å². The number of alkyl halides is 1. The molecule has 0 aromatic heterocycles. The average Bonchev–Trinajstić information content (AvgIpc) is 2.11. The summed E-state index contributed by atoms with van der Waals surface area (Å²) in [6, 6.07) is 0. The zero-order valence-electron chi connectivity index (χ0n) is 14.2. The van der Waals surface area contributed by atoms with Crippen molar-refractivity contribution in [2.75, 3.05) is 6.54 Å². The summed E-state index contributed by atoms with van der Waals surface area (Å²) in [6.07, 6.45) is 0. The van der Waals surface area contributed by atoms with Crippen LogP contribution < -0.4 is 4.98 Å². The maximum absolute atomic E-state index is 7.09. The molecule has 4 heteroatoms. The first kappa shape index (κ1) is 18.7. The van der Waals surface area contributed by atoms with Crippen LogP contribution in [0.1, 0.15) is 48.5 Å². The van der Waals surface area contributed by atoms with Crippen LogP contribution in [0.15, 0.2) is 0 Å². The molecule has 0 fully saturated rings. The highest BCUT2D eigenvalue weighted by molar-refractivity contribution is 7.06. The molecule has 0 aliphatic carbocycles. The Morgan fingerprint density at radius 3 is 1.50 bits per heavy atom. The molecule has 1 atom stereocenters. The first-order valence-electron chi connectivity index (χ1n) is 7.11. The van der Waals surface area contributed by atoms with Gasteiger partial charge in [-0.25, -0.2) is 0 Å². The van der Waals surface area contributed by atoms with Gasteiger partial charge in [0.15, 0.2) is 0 Å². The minimum absolute atomic E-state index is 0.317. The van der Waals surface area contributed by atoms with Crippen molar-refractivity contribution in [3.8, 4) is 0 Å². The molecule has 110 valence electrons. The summed E-state index contributed by atoms with van der Waals surface area (Å²) in [7, 11) is -3.25. The number of hydrogen-bond acceptors (Lipinski definition) is 1. The predicted molar refractivity (Wildman–Crippen MR) is 91.8 cm³/mol. The number of nitrogens with one attached hydrogen (secondary N) is 1. The minimum atomic E-state index is -1.66. The van der Waals surface area contributed by atoms with E-state index in [1.165, 1.54) is 0 Å². The van der Waals surface area contributed by atoms with Crippen LogP contribution in [-0.4, -0.2) is 27.5 Å². The molecule has 0 heterocycles. The fourth-order valence-corrected chi connectivity index (χ4v) is 18.9. The fourth-order valence-electron chi connectivity index (χ4n) is 3.15. The Morgan fingerprint density at radius 2 is 1.28 bits per heavy atom. The van der Waals surface area contributed by atoms with Gasteiger partial charge in [0.05, 0.1) is 8.07 Å². The van der Waals surface area contributed by atoms with Gasteiger partial charge in [0, 0.05) is 4.62 Å². The van der Waals surface area contributed by atoms with Gasteiger partial charge in [0.2, 0.25) is 0 Å². The molecule has 1 nitrogen and oxygen atoms in total. The van der Waals surface area contributed by atoms with E-state index in [0.29, 0.717) is 14.7 Å². The molecule has 0 radical (unpaired) electrons. The van der Waals surface area contributed by atoms with Crippen molar-refractivity contribution < 1.29 is 0 Å². The Balaban J connectivity index is 5.65. The van der Waals surface area contributed by atoms with Crippen LogP contribution in [0.2, 0.25) is 29.7 Å². The van der Waals surface area contributed by atoms with E-state index in [9.17, 15) is 0 Å². The molecule has 18 heavy (non-hydrogen) atoms. The van der Waals surface area contributed by atoms with Crippen LogP contribution in [0, 0.1) is 0 Å². The van der Waals surface area contributed by atoms with Crippen molar-refractivity contribution in [3.05, 3.63) is 0 Å². The minimum Gasteiger partial charge on any atom is -0.337 e. The number of rotatable bonds is 4. The van der Waals surface area contributed by atoms with Crippen molar-refractivity contribution in [2.24, 2.45) is 0 Å². The van der Waals surface area contributed by atoms with E-state index >= 15 is 0 Å². The first-order chi connectivity index (χ1) is 7.72. The molecule has 0 aromatic rings. The van der Waals surface area contributed by atoms with Crippen molar-refractivity contribution in [3.63, 3.8) is 0 Å². The average molecular weight is 308 g/mol. The third kappa shape index (κ3) is 3.41. The van der Waals surface area contributed by atoms with Gasteiger partial charge < -0.3 is 4.98 Å². The lowest BCUT2D eigenvalue weighted by atomic mass is 10.2. The maximum Gasteiger partial charge on any atom is 0.134 e. The van der Waals surface area contributed by atoms with Gasteiger partial charge in [-0.3, -0.25) is 0 Å². The summed E-state index contributed by atoms with van der Waals surface area (Å²) in [5, 5.41) is 0.634. The molecule has 0 saturated heterocycles. The van der Waals surface area contributed by atoms with Gasteiger partial charge in [-0.15, -0.1) is 11.6 Å². The molecule has 1 N–H and O–H groups in total. The lowest BCUT2D eigenvalue weighted by Gasteiger charge is -2.55. The van der Waals surface area contributed by atoms with E-state index in [1.54, 1.807) is 0 Å². The highest BCUT2D eigenvalue weighted by Gasteiger charge is 2.57. The van der Waals surface area contributed by atoms with Gasteiger partial charge in [-0.2, -0.15) is 0 Å². The third-order valence-corrected chi connectivity index (χ3v) is 21.5. The van der Waals surface area contributed by atoms with Crippen LogP contribution in [0.25, 0.3) is 0 Å². The highest BCUT2D eigenvalue weighted by atomic mass is 35.5. The van der Waals surface area contributed by atoms with Crippen LogP contribution in [0.5, 0.6) is 0 Å². The maximum atomic E-state index is 7.09. The summed E-state index contributed by atoms with van der Waals surface area (Å²) in [5.41, 5.74) is 0. The standard InChI is InChI=1S/C14H34ClNSi2/c1-11-16-17(8,9)12(15)18(10,13(2,3)4)14(5,6)7/h12,16H,11H2,1-10H3. The van der Waals surface area contributed by atoms with Crippen LogP contribution >= 0.6 is 11.6 Å². The molecular weight excluding hydrogens is 274 g/mol. The highest BCUT2D eigenvalue weighted by Crippen LogP contribution is 2.55. The van der Waals surface area contributed by atoms with E-state index in [4.69, 9.17) is 11.6 Å². The molecule has 0 aromatic carbocycles. The van der Waals surface area contributed by atoms with Gasteiger partial charge in [-0.1, -0.05) is 68.1 Å². The molecule has 1 unspecified atom stereocenters. The second kappa shape index (κ2) is 5.59. The zero-order valence-corrected chi connectivity index (χ0v) is 16.9. The first-order valence-corrected chi connectivity index (χ1v) is 13.2. The molecule has 0 aliphatic rings. The second-order valence-corrected chi connectivity index (χ2v) is 20.4. The summed E-state index contributed by atoms with van der Waals surface area (Å²) in [5.74, 6) is 0. The summed E-state index contributed by atoms with van der Waals surface area (Å²) >= 11 is 7.09. The Kier molecular flexibility index (Phi) is 5.80. The smallest absolute Gasteiger partial charge is 0.134 e. The SMILES string of the molecule is CCN[Si](C)(C)C(Cl)[Si](C)(C(C)(C)C)C(C)(C)C. The van der Waals surface area contributed by atoms with E-state index in [-0.39, 0.29) is 0 Å². The molecular formula is C14H34ClNSi2. The van der Waals surface area contributed by atoms with E-state index in [1.807, 2.05) is 0 Å². The Bertz CT molecular complexity index is 262. The lowest BCUT2D eigenvalue weighted by Crippen LogP contribution is -2.69. The fraction of sp³-hybridized carbons (Fsp3) is 1.00. The topological polar surface area (TPSA) is 12.0 Å². The van der Waals surface area contributed by atoms with Gasteiger partial charge in [0.25, 0.3) is 0 Å². The third-order valence-electron chi connectivity index (χ3n) is 4.89. The van der Waals surface area contributed by atoms with Crippen LogP contribution in [-0.2, 0) is 0 Å². The van der Waals surface area contributed by atoms with Gasteiger partial charge in [0.1, 0.15) is 8.24 Å². The Morgan fingerprint density at radius 1 is 0.944 bits per heavy atom. The quantitative estimate of drug-likeness (QED) is 0.558. The summed E-state index contributed by atoms with van der Waals surface area (Å²) in [4.78, 5) is 3.71. The molecule has 0 spiro atoms. The Hall–Kier alpha value is 0.684. The van der Waals surface area contributed by atoms with Gasteiger partial charge >= 0.3 is 0 Å². The van der Waals surface area contributed by atoms with Gasteiger partial charge in [-0.05, 0) is 16.6 Å². The zero-order chi connectivity index (χ0) is 15.0. The van der Waals surface area contributed by atoms with Crippen LogP contribution in [0.4, 0.5) is 0 Å². The lowest BCUT2D eigenvalue weighted by molar-refractivity contribution is 0.613. The van der Waals surface area contributed by atoms with E-state index in [0.717, 1.165) is 6.54 Å². The van der Waals surface area contributed by atoms with E-state index in [2.05, 4.69) is 73.1 Å². The normalized spacial score (nSPS) is 16.8. The number of halogens is 1. The largest absolute Gasteiger partial charge is 0.337 e. The monoisotopic (exact) mass is 307 g/mol. The van der Waals surface area contributed by atoms with Crippen molar-refractivity contribution in [2.45, 2.75) is 82.8 Å². The predicted octanol–water partition coefficient (Wildman–Crippen LogP) is 5.17. The number of hydrogen-bond donors (Lipinski definition) is 1. The molecule has 0 saturated carbocycles. The van der Waals surface area contributed by atoms with Crippen molar-refractivity contribution >= 4 is 27.9 Å². The van der Waals surface area contributed by atoms with Crippen molar-refractivity contribution in [1.82, 2.24) is 4.98 Å². The molecule has 0 amide bonds. The van der Waals surface area contributed by atoms with Crippen molar-refractivity contribution in [1.29, 1.82) is 0 Å². The molecule has 0 aliphatic heterocycles. The molecule has 0 rings (SSSR count). The summed E-state index contributed by atoms with van der Waals surface area (Å²) < 4.78 is 0.338. The van der Waals surface area contributed by atoms with Crippen LogP contribution in [0.3, 0.4) is 0 Å².